The summed E-state index contributed by atoms with van der Waals surface area (Å²) < 4.78 is 5.55. The van der Waals surface area contributed by atoms with Crippen molar-refractivity contribution in [2.24, 2.45) is 0 Å². The smallest absolute Gasteiger partial charge is 0.174 e. The molecule has 0 spiro atoms. The standard InChI is InChI=1S/C17H22ClN3OS/c1-13(16-9-6-12-22-16)21(11-10-20(2)3)17(23)19-15-8-5-4-7-14(15)18/h4-9,12-13H,10-11H2,1-3H3,(H,19,23)/p+1. The van der Waals surface area contributed by atoms with Gasteiger partial charge in [0.2, 0.25) is 0 Å². The molecule has 23 heavy (non-hydrogen) atoms. The number of rotatable bonds is 6. The van der Waals surface area contributed by atoms with Gasteiger partial charge in [-0.25, -0.2) is 0 Å². The van der Waals surface area contributed by atoms with Crippen LogP contribution in [0, 0.1) is 0 Å². The number of benzene rings is 1. The van der Waals surface area contributed by atoms with Gasteiger partial charge in [0.15, 0.2) is 5.11 Å². The number of quaternary nitrogens is 1. The zero-order chi connectivity index (χ0) is 16.8. The van der Waals surface area contributed by atoms with Crippen molar-refractivity contribution in [3.63, 3.8) is 0 Å². The Morgan fingerprint density at radius 3 is 2.65 bits per heavy atom. The van der Waals surface area contributed by atoms with Crippen LogP contribution in [-0.4, -0.2) is 37.2 Å². The van der Waals surface area contributed by atoms with E-state index in [0.29, 0.717) is 10.1 Å². The lowest BCUT2D eigenvalue weighted by Crippen LogP contribution is -3.06. The molecule has 2 rings (SSSR count). The molecule has 1 unspecified atom stereocenters. The minimum atomic E-state index is 0.0480. The van der Waals surface area contributed by atoms with Crippen LogP contribution in [0.2, 0.25) is 5.02 Å². The first kappa shape index (κ1) is 17.8. The molecule has 2 aromatic rings. The highest BCUT2D eigenvalue weighted by molar-refractivity contribution is 7.80. The van der Waals surface area contributed by atoms with Crippen LogP contribution >= 0.6 is 23.8 Å². The first-order chi connectivity index (χ1) is 11.0. The van der Waals surface area contributed by atoms with Gasteiger partial charge in [-0.2, -0.15) is 0 Å². The maximum Gasteiger partial charge on any atom is 0.174 e. The number of anilines is 1. The molecular weight excluding hydrogens is 330 g/mol. The highest BCUT2D eigenvalue weighted by atomic mass is 35.5. The molecule has 0 saturated heterocycles. The van der Waals surface area contributed by atoms with Crippen molar-refractivity contribution in [3.05, 3.63) is 53.4 Å². The number of furan rings is 1. The molecule has 124 valence electrons. The Kier molecular flexibility index (Phi) is 6.45. The summed E-state index contributed by atoms with van der Waals surface area (Å²) in [5.74, 6) is 0.891. The molecule has 0 aliphatic rings. The number of para-hydroxylation sites is 1. The Bertz CT molecular complexity index is 631. The maximum atomic E-state index is 6.22. The largest absolute Gasteiger partial charge is 0.467 e. The third-order valence-corrected chi connectivity index (χ3v) is 4.32. The lowest BCUT2D eigenvalue weighted by Gasteiger charge is -2.31. The van der Waals surface area contributed by atoms with E-state index in [0.717, 1.165) is 24.5 Å². The number of nitrogens with one attached hydrogen (secondary N) is 2. The van der Waals surface area contributed by atoms with Crippen molar-refractivity contribution in [1.29, 1.82) is 0 Å². The van der Waals surface area contributed by atoms with E-state index in [2.05, 4.69) is 31.2 Å². The Morgan fingerprint density at radius 2 is 2.04 bits per heavy atom. The van der Waals surface area contributed by atoms with Crippen LogP contribution in [0.3, 0.4) is 0 Å². The van der Waals surface area contributed by atoms with Crippen molar-refractivity contribution in [2.75, 3.05) is 32.5 Å². The molecule has 4 nitrogen and oxygen atoms in total. The quantitative estimate of drug-likeness (QED) is 0.783. The summed E-state index contributed by atoms with van der Waals surface area (Å²) in [6.07, 6.45) is 1.69. The highest BCUT2D eigenvalue weighted by Crippen LogP contribution is 2.24. The van der Waals surface area contributed by atoms with Crippen LogP contribution in [0.25, 0.3) is 0 Å². The van der Waals surface area contributed by atoms with Crippen LogP contribution in [-0.2, 0) is 0 Å². The number of hydrogen-bond donors (Lipinski definition) is 2. The van der Waals surface area contributed by atoms with Crippen LogP contribution in [0.1, 0.15) is 18.7 Å². The number of halogens is 1. The van der Waals surface area contributed by atoms with Crippen LogP contribution in [0.15, 0.2) is 47.1 Å². The third-order valence-electron chi connectivity index (χ3n) is 3.65. The van der Waals surface area contributed by atoms with E-state index in [-0.39, 0.29) is 6.04 Å². The number of likely N-dealkylation sites (N-methyl/N-ethyl adjacent to an activating group) is 1. The summed E-state index contributed by atoms with van der Waals surface area (Å²) in [6, 6.07) is 11.5. The van der Waals surface area contributed by atoms with Crippen molar-refractivity contribution in [1.82, 2.24) is 4.90 Å². The van der Waals surface area contributed by atoms with Gasteiger partial charge in [0.05, 0.1) is 50.2 Å². The lowest BCUT2D eigenvalue weighted by molar-refractivity contribution is -0.857. The molecule has 1 atom stereocenters. The average molecular weight is 353 g/mol. The SMILES string of the molecule is CC(c1ccco1)N(CC[NH+](C)C)C(=S)Nc1ccccc1Cl. The normalized spacial score (nSPS) is 12.2. The average Bonchev–Trinajstić information content (AvgIpc) is 3.03. The van der Waals surface area contributed by atoms with Gasteiger partial charge in [-0.3, -0.25) is 0 Å². The van der Waals surface area contributed by atoms with E-state index >= 15 is 0 Å². The lowest BCUT2D eigenvalue weighted by atomic mass is 10.2. The molecular formula is C17H23ClN3OS+. The molecule has 0 amide bonds. The first-order valence-electron chi connectivity index (χ1n) is 7.63. The van der Waals surface area contributed by atoms with Crippen LogP contribution < -0.4 is 10.2 Å². The van der Waals surface area contributed by atoms with Gasteiger partial charge in [0.25, 0.3) is 0 Å². The van der Waals surface area contributed by atoms with Gasteiger partial charge >= 0.3 is 0 Å². The predicted octanol–water partition coefficient (Wildman–Crippen LogP) is 2.84. The van der Waals surface area contributed by atoms with Gasteiger partial charge in [-0.1, -0.05) is 23.7 Å². The monoisotopic (exact) mass is 352 g/mol. The van der Waals surface area contributed by atoms with Gasteiger partial charge in [-0.05, 0) is 43.4 Å². The Hall–Kier alpha value is -1.56. The molecule has 0 radical (unpaired) electrons. The minimum Gasteiger partial charge on any atom is -0.467 e. The van der Waals surface area contributed by atoms with E-state index in [4.69, 9.17) is 28.2 Å². The molecule has 0 bridgehead atoms. The molecule has 1 aromatic heterocycles. The van der Waals surface area contributed by atoms with Gasteiger partial charge in [0, 0.05) is 0 Å². The Balaban J connectivity index is 2.15. The Labute approximate surface area is 148 Å². The van der Waals surface area contributed by atoms with Gasteiger partial charge in [0.1, 0.15) is 5.76 Å². The summed E-state index contributed by atoms with van der Waals surface area (Å²) in [7, 11) is 4.25. The van der Waals surface area contributed by atoms with Crippen molar-refractivity contribution < 1.29 is 9.32 Å². The van der Waals surface area contributed by atoms with Crippen molar-refractivity contribution >= 4 is 34.6 Å². The zero-order valence-electron chi connectivity index (χ0n) is 13.7. The molecule has 1 heterocycles. The molecule has 0 aliphatic carbocycles. The van der Waals surface area contributed by atoms with E-state index in [9.17, 15) is 0 Å². The fourth-order valence-corrected chi connectivity index (χ4v) is 2.79. The summed E-state index contributed by atoms with van der Waals surface area (Å²) in [5, 5.41) is 4.54. The second kappa shape index (κ2) is 8.34. The zero-order valence-corrected chi connectivity index (χ0v) is 15.2. The summed E-state index contributed by atoms with van der Waals surface area (Å²) in [5.41, 5.74) is 0.813. The molecule has 0 saturated carbocycles. The summed E-state index contributed by atoms with van der Waals surface area (Å²) >= 11 is 11.8. The summed E-state index contributed by atoms with van der Waals surface area (Å²) in [4.78, 5) is 3.49. The van der Waals surface area contributed by atoms with Crippen molar-refractivity contribution in [3.8, 4) is 0 Å². The Morgan fingerprint density at radius 1 is 1.30 bits per heavy atom. The van der Waals surface area contributed by atoms with Gasteiger partial charge < -0.3 is 19.5 Å². The topological polar surface area (TPSA) is 32.9 Å². The van der Waals surface area contributed by atoms with E-state index < -0.39 is 0 Å². The van der Waals surface area contributed by atoms with Gasteiger partial charge in [-0.15, -0.1) is 0 Å². The van der Waals surface area contributed by atoms with Crippen molar-refractivity contribution in [2.45, 2.75) is 13.0 Å². The maximum absolute atomic E-state index is 6.22. The second-order valence-electron chi connectivity index (χ2n) is 5.75. The number of thiocarbonyl (C=S) groups is 1. The number of nitrogens with zero attached hydrogens (tertiary/aromatic N) is 1. The predicted molar refractivity (Wildman–Crippen MR) is 99.2 cm³/mol. The van der Waals surface area contributed by atoms with E-state index in [1.54, 1.807) is 6.26 Å². The minimum absolute atomic E-state index is 0.0480. The van der Waals surface area contributed by atoms with Crippen LogP contribution in [0.4, 0.5) is 5.69 Å². The first-order valence-corrected chi connectivity index (χ1v) is 8.42. The highest BCUT2D eigenvalue weighted by Gasteiger charge is 2.22. The molecule has 6 heteroatoms. The van der Waals surface area contributed by atoms with E-state index in [1.165, 1.54) is 4.90 Å². The summed E-state index contributed by atoms with van der Waals surface area (Å²) in [6.45, 7) is 3.88. The molecule has 2 N–H and O–H groups in total. The fraction of sp³-hybridized carbons (Fsp3) is 0.353. The van der Waals surface area contributed by atoms with E-state index in [1.807, 2.05) is 36.4 Å². The molecule has 1 aromatic carbocycles. The van der Waals surface area contributed by atoms with Crippen LogP contribution in [0.5, 0.6) is 0 Å². The second-order valence-corrected chi connectivity index (χ2v) is 6.55. The fourth-order valence-electron chi connectivity index (χ4n) is 2.25. The molecule has 0 fully saturated rings. The number of hydrogen-bond acceptors (Lipinski definition) is 2. The molecule has 0 aliphatic heterocycles. The third kappa shape index (κ3) is 4.96.